The third kappa shape index (κ3) is 6.91. The molecule has 0 aliphatic carbocycles. The van der Waals surface area contributed by atoms with Crippen LogP contribution in [0.5, 0.6) is 5.75 Å². The summed E-state index contributed by atoms with van der Waals surface area (Å²) in [5.74, 6) is 0.792. The molecule has 27 heavy (non-hydrogen) atoms. The van der Waals surface area contributed by atoms with Gasteiger partial charge in [-0.05, 0) is 63.7 Å². The lowest BCUT2D eigenvalue weighted by Gasteiger charge is -2.20. The first-order valence-corrected chi connectivity index (χ1v) is 10.1. The fraction of sp³-hybridized carbons (Fsp3) is 0.350. The summed E-state index contributed by atoms with van der Waals surface area (Å²) in [6, 6.07) is 10.7. The van der Waals surface area contributed by atoms with Crippen LogP contribution < -0.4 is 15.4 Å². The van der Waals surface area contributed by atoms with Gasteiger partial charge in [0, 0.05) is 11.6 Å². The lowest BCUT2D eigenvalue weighted by molar-refractivity contribution is 0.250. The Bertz CT molecular complexity index is 807. The monoisotopic (exact) mass is 472 g/mol. The highest BCUT2D eigenvalue weighted by molar-refractivity contribution is 9.10. The van der Waals surface area contributed by atoms with E-state index >= 15 is 0 Å². The van der Waals surface area contributed by atoms with Crippen molar-refractivity contribution < 1.29 is 9.53 Å². The smallest absolute Gasteiger partial charge is 0.319 e. The van der Waals surface area contributed by atoms with Gasteiger partial charge in [-0.25, -0.2) is 4.79 Å². The summed E-state index contributed by atoms with van der Waals surface area (Å²) in [5.41, 5.74) is 1.84. The fourth-order valence-corrected chi connectivity index (χ4v) is 3.25. The van der Waals surface area contributed by atoms with Crippen LogP contribution in [0.25, 0.3) is 0 Å². The molecule has 0 atom stereocenters. The van der Waals surface area contributed by atoms with E-state index in [9.17, 15) is 4.79 Å². The standard InChI is InChI=1S/C20H23BrCl2N2O2/c1-20(2,3)13-5-8-18(15(21)11-13)27-10-4-9-24-19(26)25-17-7-6-14(22)12-16(17)23/h5-8,11-12H,4,9-10H2,1-3H3,(H2,24,25,26). The van der Waals surface area contributed by atoms with Crippen LogP contribution in [0.4, 0.5) is 10.5 Å². The number of anilines is 1. The quantitative estimate of drug-likeness (QED) is 0.461. The fourth-order valence-electron chi connectivity index (χ4n) is 2.30. The van der Waals surface area contributed by atoms with Gasteiger partial charge < -0.3 is 15.4 Å². The minimum Gasteiger partial charge on any atom is -0.492 e. The summed E-state index contributed by atoms with van der Waals surface area (Å²) in [6.07, 6.45) is 0.676. The van der Waals surface area contributed by atoms with E-state index in [0.29, 0.717) is 35.3 Å². The molecule has 0 saturated carbocycles. The molecule has 0 radical (unpaired) electrons. The largest absolute Gasteiger partial charge is 0.492 e. The maximum absolute atomic E-state index is 11.9. The summed E-state index contributed by atoms with van der Waals surface area (Å²) in [6.45, 7) is 7.49. The SMILES string of the molecule is CC(C)(C)c1ccc(OCCCNC(=O)Nc2ccc(Cl)cc2Cl)c(Br)c1. The van der Waals surface area contributed by atoms with Gasteiger partial charge in [-0.3, -0.25) is 0 Å². The van der Waals surface area contributed by atoms with Crippen LogP contribution >= 0.6 is 39.1 Å². The molecular weight excluding hydrogens is 451 g/mol. The number of halogens is 3. The molecule has 2 aromatic carbocycles. The summed E-state index contributed by atoms with van der Waals surface area (Å²) in [5, 5.41) is 6.37. The van der Waals surface area contributed by atoms with E-state index in [0.717, 1.165) is 10.2 Å². The topological polar surface area (TPSA) is 50.4 Å². The predicted octanol–water partition coefficient (Wildman–Crippen LogP) is 6.64. The molecule has 0 heterocycles. The number of urea groups is 1. The summed E-state index contributed by atoms with van der Waals surface area (Å²) in [4.78, 5) is 11.9. The van der Waals surface area contributed by atoms with Crippen LogP contribution in [0.2, 0.25) is 10.0 Å². The van der Waals surface area contributed by atoms with Crippen LogP contribution in [0.1, 0.15) is 32.8 Å². The van der Waals surface area contributed by atoms with Crippen molar-refractivity contribution in [2.24, 2.45) is 0 Å². The molecule has 0 aliphatic heterocycles. The zero-order chi connectivity index (χ0) is 20.0. The Labute approximate surface area is 178 Å². The highest BCUT2D eigenvalue weighted by atomic mass is 79.9. The molecule has 2 N–H and O–H groups in total. The maximum Gasteiger partial charge on any atom is 0.319 e. The molecule has 0 bridgehead atoms. The number of rotatable bonds is 6. The number of benzene rings is 2. The van der Waals surface area contributed by atoms with Gasteiger partial charge in [0.2, 0.25) is 0 Å². The van der Waals surface area contributed by atoms with Gasteiger partial charge in [-0.15, -0.1) is 0 Å². The number of amides is 2. The lowest BCUT2D eigenvalue weighted by atomic mass is 9.87. The molecule has 2 amide bonds. The maximum atomic E-state index is 11.9. The lowest BCUT2D eigenvalue weighted by Crippen LogP contribution is -2.30. The molecular formula is C20H23BrCl2N2O2. The van der Waals surface area contributed by atoms with E-state index < -0.39 is 0 Å². The van der Waals surface area contributed by atoms with Crippen molar-refractivity contribution in [3.8, 4) is 5.75 Å². The van der Waals surface area contributed by atoms with Crippen molar-refractivity contribution in [1.82, 2.24) is 5.32 Å². The molecule has 0 spiro atoms. The number of nitrogens with one attached hydrogen (secondary N) is 2. The second-order valence-corrected chi connectivity index (χ2v) is 8.80. The summed E-state index contributed by atoms with van der Waals surface area (Å²) < 4.78 is 6.71. The van der Waals surface area contributed by atoms with Crippen molar-refractivity contribution in [2.75, 3.05) is 18.5 Å². The zero-order valence-corrected chi connectivity index (χ0v) is 18.6. The van der Waals surface area contributed by atoms with Gasteiger partial charge in [0.1, 0.15) is 5.75 Å². The molecule has 0 saturated heterocycles. The van der Waals surface area contributed by atoms with Crippen molar-refractivity contribution in [3.63, 3.8) is 0 Å². The summed E-state index contributed by atoms with van der Waals surface area (Å²) >= 11 is 15.4. The van der Waals surface area contributed by atoms with Crippen molar-refractivity contribution in [3.05, 3.63) is 56.5 Å². The van der Waals surface area contributed by atoms with E-state index in [1.165, 1.54) is 5.56 Å². The molecule has 0 fully saturated rings. The molecule has 146 valence electrons. The van der Waals surface area contributed by atoms with Crippen LogP contribution in [-0.2, 0) is 5.41 Å². The van der Waals surface area contributed by atoms with E-state index in [2.05, 4.69) is 59.5 Å². The van der Waals surface area contributed by atoms with Crippen LogP contribution in [0.3, 0.4) is 0 Å². The molecule has 2 rings (SSSR count). The molecule has 2 aromatic rings. The average Bonchev–Trinajstić information content (AvgIpc) is 2.57. The Morgan fingerprint density at radius 3 is 2.52 bits per heavy atom. The van der Waals surface area contributed by atoms with Crippen molar-refractivity contribution >= 4 is 50.9 Å². The van der Waals surface area contributed by atoms with Gasteiger partial charge in [0.05, 0.1) is 21.8 Å². The van der Waals surface area contributed by atoms with E-state index in [-0.39, 0.29) is 11.4 Å². The first kappa shape index (κ1) is 21.9. The number of hydrogen-bond donors (Lipinski definition) is 2. The Morgan fingerprint density at radius 1 is 1.15 bits per heavy atom. The number of carbonyl (C=O) groups is 1. The molecule has 0 unspecified atom stereocenters. The Hall–Kier alpha value is -1.43. The molecule has 0 aromatic heterocycles. The Kier molecular flexibility index (Phi) is 7.83. The first-order chi connectivity index (χ1) is 12.7. The van der Waals surface area contributed by atoms with E-state index in [4.69, 9.17) is 27.9 Å². The van der Waals surface area contributed by atoms with Crippen molar-refractivity contribution in [1.29, 1.82) is 0 Å². The first-order valence-electron chi connectivity index (χ1n) is 8.59. The Balaban J connectivity index is 1.73. The third-order valence-electron chi connectivity index (χ3n) is 3.84. The van der Waals surface area contributed by atoms with Gasteiger partial charge in [-0.2, -0.15) is 0 Å². The highest BCUT2D eigenvalue weighted by Crippen LogP contribution is 2.31. The van der Waals surface area contributed by atoms with Crippen LogP contribution in [-0.4, -0.2) is 19.2 Å². The average molecular weight is 474 g/mol. The minimum atomic E-state index is -0.324. The van der Waals surface area contributed by atoms with Gasteiger partial charge >= 0.3 is 6.03 Å². The molecule has 7 heteroatoms. The highest BCUT2D eigenvalue weighted by Gasteiger charge is 2.15. The second kappa shape index (κ2) is 9.67. The Morgan fingerprint density at radius 2 is 1.89 bits per heavy atom. The number of carbonyl (C=O) groups excluding carboxylic acids is 1. The normalized spacial score (nSPS) is 11.2. The van der Waals surface area contributed by atoms with E-state index in [1.807, 2.05) is 6.07 Å². The summed E-state index contributed by atoms with van der Waals surface area (Å²) in [7, 11) is 0. The van der Waals surface area contributed by atoms with Gasteiger partial charge in [0.25, 0.3) is 0 Å². The van der Waals surface area contributed by atoms with Gasteiger partial charge in [0.15, 0.2) is 0 Å². The van der Waals surface area contributed by atoms with Gasteiger partial charge in [-0.1, -0.05) is 50.0 Å². The zero-order valence-electron chi connectivity index (χ0n) is 15.5. The van der Waals surface area contributed by atoms with Crippen LogP contribution in [0.15, 0.2) is 40.9 Å². The van der Waals surface area contributed by atoms with Crippen molar-refractivity contribution in [2.45, 2.75) is 32.6 Å². The third-order valence-corrected chi connectivity index (χ3v) is 5.01. The number of ether oxygens (including phenoxy) is 1. The minimum absolute atomic E-state index is 0.0886. The molecule has 0 aliphatic rings. The van der Waals surface area contributed by atoms with Crippen LogP contribution in [0, 0.1) is 0 Å². The molecule has 4 nitrogen and oxygen atoms in total. The number of hydrogen-bond acceptors (Lipinski definition) is 2. The predicted molar refractivity (Wildman–Crippen MR) is 116 cm³/mol. The van der Waals surface area contributed by atoms with E-state index in [1.54, 1.807) is 18.2 Å². The second-order valence-electron chi connectivity index (χ2n) is 7.10.